The molecule has 0 unspecified atom stereocenters. The fourth-order valence-corrected chi connectivity index (χ4v) is 1.58. The average molecular weight is 229 g/mol. The van der Waals surface area contributed by atoms with Gasteiger partial charge in [0.15, 0.2) is 0 Å². The van der Waals surface area contributed by atoms with Gasteiger partial charge in [-0.1, -0.05) is 32.9 Å². The summed E-state index contributed by atoms with van der Waals surface area (Å²) in [5, 5.41) is 10.4. The van der Waals surface area contributed by atoms with E-state index in [2.05, 4.69) is 60.6 Å². The second-order valence-electron chi connectivity index (χ2n) is 5.47. The average Bonchev–Trinajstić information content (AvgIpc) is 2.79. The lowest BCUT2D eigenvalue weighted by Gasteiger charge is -2.19. The summed E-state index contributed by atoms with van der Waals surface area (Å²) in [5.41, 5.74) is 3.63. The molecule has 0 spiro atoms. The molecule has 0 fully saturated rings. The maximum atomic E-state index is 3.97. The van der Waals surface area contributed by atoms with Gasteiger partial charge in [0.2, 0.25) is 0 Å². The molecule has 2 N–H and O–H groups in total. The standard InChI is InChI=1S/C14H19N3/c1-14(2,3)10-15-12-6-4-5-11(9-12)13-7-8-16-17-13/h4-9,15H,10H2,1-3H3,(H,16,17). The minimum absolute atomic E-state index is 0.282. The number of rotatable bonds is 3. The van der Waals surface area contributed by atoms with E-state index >= 15 is 0 Å². The summed E-state index contributed by atoms with van der Waals surface area (Å²) in [4.78, 5) is 0. The van der Waals surface area contributed by atoms with Crippen molar-refractivity contribution in [1.29, 1.82) is 0 Å². The van der Waals surface area contributed by atoms with Crippen molar-refractivity contribution in [1.82, 2.24) is 10.2 Å². The van der Waals surface area contributed by atoms with Crippen molar-refractivity contribution >= 4 is 5.69 Å². The Labute approximate surface area is 102 Å². The molecule has 0 radical (unpaired) electrons. The Morgan fingerprint density at radius 1 is 1.24 bits per heavy atom. The van der Waals surface area contributed by atoms with E-state index in [1.165, 1.54) is 0 Å². The Hall–Kier alpha value is -1.77. The van der Waals surface area contributed by atoms with E-state index in [1.807, 2.05) is 6.07 Å². The molecule has 0 amide bonds. The van der Waals surface area contributed by atoms with Crippen molar-refractivity contribution in [2.24, 2.45) is 5.41 Å². The van der Waals surface area contributed by atoms with Crippen LogP contribution in [0.15, 0.2) is 36.5 Å². The molecule has 90 valence electrons. The number of H-pyrrole nitrogens is 1. The van der Waals surface area contributed by atoms with E-state index in [4.69, 9.17) is 0 Å². The molecule has 1 aromatic heterocycles. The summed E-state index contributed by atoms with van der Waals surface area (Å²) in [6, 6.07) is 10.3. The molecule has 3 heteroatoms. The van der Waals surface area contributed by atoms with Gasteiger partial charge in [0.25, 0.3) is 0 Å². The summed E-state index contributed by atoms with van der Waals surface area (Å²) in [7, 11) is 0. The van der Waals surface area contributed by atoms with Crippen LogP contribution < -0.4 is 5.32 Å². The third-order valence-corrected chi connectivity index (χ3v) is 2.50. The zero-order valence-corrected chi connectivity index (χ0v) is 10.6. The van der Waals surface area contributed by atoms with Crippen molar-refractivity contribution in [2.75, 3.05) is 11.9 Å². The van der Waals surface area contributed by atoms with Gasteiger partial charge in [-0.3, -0.25) is 5.10 Å². The zero-order chi connectivity index (χ0) is 12.3. The largest absolute Gasteiger partial charge is 0.385 e. The van der Waals surface area contributed by atoms with Crippen molar-refractivity contribution in [3.63, 3.8) is 0 Å². The number of aromatic nitrogens is 2. The molecular weight excluding hydrogens is 210 g/mol. The van der Waals surface area contributed by atoms with Gasteiger partial charge in [0, 0.05) is 24.0 Å². The van der Waals surface area contributed by atoms with E-state index in [0.717, 1.165) is 23.5 Å². The molecule has 1 heterocycles. The van der Waals surface area contributed by atoms with Crippen LogP contribution in [0.1, 0.15) is 20.8 Å². The number of nitrogens with one attached hydrogen (secondary N) is 2. The summed E-state index contributed by atoms with van der Waals surface area (Å²) in [6.07, 6.45) is 1.77. The number of anilines is 1. The van der Waals surface area contributed by atoms with Gasteiger partial charge in [0.1, 0.15) is 0 Å². The van der Waals surface area contributed by atoms with E-state index in [0.29, 0.717) is 0 Å². The first-order chi connectivity index (χ1) is 8.04. The lowest BCUT2D eigenvalue weighted by molar-refractivity contribution is 0.443. The molecule has 3 nitrogen and oxygen atoms in total. The second-order valence-corrected chi connectivity index (χ2v) is 5.47. The first kappa shape index (κ1) is 11.7. The highest BCUT2D eigenvalue weighted by Crippen LogP contribution is 2.21. The molecule has 0 aliphatic rings. The van der Waals surface area contributed by atoms with Crippen LogP contribution in [0, 0.1) is 5.41 Å². The Morgan fingerprint density at radius 3 is 2.71 bits per heavy atom. The fraction of sp³-hybridized carbons (Fsp3) is 0.357. The van der Waals surface area contributed by atoms with Gasteiger partial charge in [-0.05, 0) is 23.6 Å². The Kier molecular flexibility index (Phi) is 3.18. The first-order valence-corrected chi connectivity index (χ1v) is 5.88. The van der Waals surface area contributed by atoms with Crippen LogP contribution in [0.5, 0.6) is 0 Å². The summed E-state index contributed by atoms with van der Waals surface area (Å²) >= 11 is 0. The quantitative estimate of drug-likeness (QED) is 0.845. The molecule has 1 aromatic carbocycles. The van der Waals surface area contributed by atoms with E-state index in [-0.39, 0.29) is 5.41 Å². The lowest BCUT2D eigenvalue weighted by atomic mass is 9.97. The second kappa shape index (κ2) is 4.62. The van der Waals surface area contributed by atoms with Gasteiger partial charge in [-0.2, -0.15) is 5.10 Å². The minimum Gasteiger partial charge on any atom is -0.385 e. The molecule has 2 rings (SSSR count). The number of benzene rings is 1. The van der Waals surface area contributed by atoms with Crippen LogP contribution >= 0.6 is 0 Å². The van der Waals surface area contributed by atoms with Crippen molar-refractivity contribution in [3.8, 4) is 11.3 Å². The molecule has 0 aliphatic carbocycles. The van der Waals surface area contributed by atoms with Crippen molar-refractivity contribution in [2.45, 2.75) is 20.8 Å². The van der Waals surface area contributed by atoms with Gasteiger partial charge >= 0.3 is 0 Å². The van der Waals surface area contributed by atoms with Gasteiger partial charge in [0.05, 0.1) is 5.69 Å². The highest BCUT2D eigenvalue weighted by molar-refractivity contribution is 5.64. The van der Waals surface area contributed by atoms with Crippen LogP contribution in [0.4, 0.5) is 5.69 Å². The molecule has 0 saturated carbocycles. The monoisotopic (exact) mass is 229 g/mol. The molecule has 0 saturated heterocycles. The Balaban J connectivity index is 2.12. The lowest BCUT2D eigenvalue weighted by Crippen LogP contribution is -2.18. The zero-order valence-electron chi connectivity index (χ0n) is 10.6. The molecule has 0 bridgehead atoms. The molecule has 2 aromatic rings. The predicted octanol–water partition coefficient (Wildman–Crippen LogP) is 3.53. The van der Waals surface area contributed by atoms with Crippen LogP contribution in [-0.4, -0.2) is 16.7 Å². The molecule has 17 heavy (non-hydrogen) atoms. The first-order valence-electron chi connectivity index (χ1n) is 5.88. The third kappa shape index (κ3) is 3.34. The number of aromatic amines is 1. The highest BCUT2D eigenvalue weighted by Gasteiger charge is 2.09. The van der Waals surface area contributed by atoms with Crippen LogP contribution in [0.25, 0.3) is 11.3 Å². The van der Waals surface area contributed by atoms with Crippen LogP contribution in [0.2, 0.25) is 0 Å². The molecule has 0 aliphatic heterocycles. The van der Waals surface area contributed by atoms with E-state index in [1.54, 1.807) is 6.20 Å². The molecule has 0 atom stereocenters. The Bertz CT molecular complexity index is 466. The van der Waals surface area contributed by atoms with Crippen LogP contribution in [-0.2, 0) is 0 Å². The normalized spacial score (nSPS) is 11.5. The topological polar surface area (TPSA) is 40.7 Å². The number of nitrogens with zero attached hydrogens (tertiary/aromatic N) is 1. The fourth-order valence-electron chi connectivity index (χ4n) is 1.58. The van der Waals surface area contributed by atoms with E-state index < -0.39 is 0 Å². The SMILES string of the molecule is CC(C)(C)CNc1cccc(-c2ccn[nH]2)c1. The van der Waals surface area contributed by atoms with Crippen molar-refractivity contribution < 1.29 is 0 Å². The smallest absolute Gasteiger partial charge is 0.0650 e. The third-order valence-electron chi connectivity index (χ3n) is 2.50. The van der Waals surface area contributed by atoms with E-state index in [9.17, 15) is 0 Å². The van der Waals surface area contributed by atoms with Gasteiger partial charge < -0.3 is 5.32 Å². The predicted molar refractivity (Wildman–Crippen MR) is 72.0 cm³/mol. The minimum atomic E-state index is 0.282. The number of hydrogen-bond acceptors (Lipinski definition) is 2. The highest BCUT2D eigenvalue weighted by atomic mass is 15.1. The molecular formula is C14H19N3. The Morgan fingerprint density at radius 2 is 2.06 bits per heavy atom. The summed E-state index contributed by atoms with van der Waals surface area (Å²) in [5.74, 6) is 0. The number of hydrogen-bond donors (Lipinski definition) is 2. The maximum Gasteiger partial charge on any atom is 0.0650 e. The maximum absolute atomic E-state index is 3.97. The summed E-state index contributed by atoms with van der Waals surface area (Å²) in [6.45, 7) is 7.62. The van der Waals surface area contributed by atoms with Gasteiger partial charge in [-0.25, -0.2) is 0 Å². The summed E-state index contributed by atoms with van der Waals surface area (Å²) < 4.78 is 0. The van der Waals surface area contributed by atoms with Gasteiger partial charge in [-0.15, -0.1) is 0 Å². The van der Waals surface area contributed by atoms with Crippen molar-refractivity contribution in [3.05, 3.63) is 36.5 Å². The van der Waals surface area contributed by atoms with Crippen LogP contribution in [0.3, 0.4) is 0 Å².